The lowest BCUT2D eigenvalue weighted by molar-refractivity contribution is -0.133. The van der Waals surface area contributed by atoms with E-state index in [1.807, 2.05) is 24.3 Å². The lowest BCUT2D eigenvalue weighted by atomic mass is 9.87. The van der Waals surface area contributed by atoms with Crippen molar-refractivity contribution in [2.75, 3.05) is 6.61 Å². The van der Waals surface area contributed by atoms with Crippen LogP contribution in [-0.4, -0.2) is 17.7 Å². The van der Waals surface area contributed by atoms with E-state index < -0.39 is 5.97 Å². The molecule has 0 fully saturated rings. The zero-order valence-corrected chi connectivity index (χ0v) is 10.5. The maximum absolute atomic E-state index is 10.5. The van der Waals surface area contributed by atoms with Crippen molar-refractivity contribution in [3.8, 4) is 5.75 Å². The van der Waals surface area contributed by atoms with Gasteiger partial charge in [-0.05, 0) is 23.1 Å². The molecule has 0 aliphatic rings. The maximum Gasteiger partial charge on any atom is 0.334 e. The van der Waals surface area contributed by atoms with E-state index in [2.05, 4.69) is 27.4 Å². The molecule has 0 aromatic heterocycles. The molecule has 0 aliphatic carbocycles. The minimum Gasteiger partial charge on any atom is -0.489 e. The topological polar surface area (TPSA) is 46.5 Å². The molecule has 17 heavy (non-hydrogen) atoms. The first kappa shape index (κ1) is 13.3. The standard InChI is InChI=1S/C14H18O3/c1-10(13(15)16)9-17-12-7-5-11(6-8-12)14(2,3)4/h5-8H,1,9H2,2-4H3,(H,15,16). The fourth-order valence-corrected chi connectivity index (χ4v) is 1.28. The molecule has 0 radical (unpaired) electrons. The van der Waals surface area contributed by atoms with Crippen LogP contribution < -0.4 is 4.74 Å². The smallest absolute Gasteiger partial charge is 0.334 e. The average Bonchev–Trinajstić information content (AvgIpc) is 2.25. The molecule has 0 unspecified atom stereocenters. The third-order valence-corrected chi connectivity index (χ3v) is 2.44. The fourth-order valence-electron chi connectivity index (χ4n) is 1.28. The number of carbonyl (C=O) groups is 1. The molecule has 1 rings (SSSR count). The molecule has 3 heteroatoms. The van der Waals surface area contributed by atoms with Crippen LogP contribution in [0.5, 0.6) is 5.75 Å². The Morgan fingerprint density at radius 2 is 1.82 bits per heavy atom. The first-order chi connectivity index (χ1) is 7.80. The Balaban J connectivity index is 2.63. The molecule has 1 N–H and O–H groups in total. The van der Waals surface area contributed by atoms with Gasteiger partial charge in [-0.25, -0.2) is 4.79 Å². The van der Waals surface area contributed by atoms with Crippen molar-refractivity contribution in [1.29, 1.82) is 0 Å². The zero-order valence-electron chi connectivity index (χ0n) is 10.5. The summed E-state index contributed by atoms with van der Waals surface area (Å²) < 4.78 is 5.32. The van der Waals surface area contributed by atoms with Gasteiger partial charge in [0.05, 0.1) is 5.57 Å². The van der Waals surface area contributed by atoms with Crippen LogP contribution in [0.1, 0.15) is 26.3 Å². The number of carboxylic acids is 1. The molecule has 0 amide bonds. The van der Waals surface area contributed by atoms with Crippen LogP contribution >= 0.6 is 0 Å². The second kappa shape index (κ2) is 5.04. The van der Waals surface area contributed by atoms with E-state index in [0.29, 0.717) is 5.75 Å². The predicted octanol–water partition coefficient (Wildman–Crippen LogP) is 3.00. The summed E-state index contributed by atoms with van der Waals surface area (Å²) in [7, 11) is 0. The Kier molecular flexibility index (Phi) is 3.94. The minimum atomic E-state index is -1.03. The summed E-state index contributed by atoms with van der Waals surface area (Å²) in [6.07, 6.45) is 0. The Bertz CT molecular complexity index is 410. The summed E-state index contributed by atoms with van der Waals surface area (Å²) in [6.45, 7) is 9.81. The first-order valence-corrected chi connectivity index (χ1v) is 5.45. The Labute approximate surface area is 102 Å². The maximum atomic E-state index is 10.5. The number of hydrogen-bond acceptors (Lipinski definition) is 2. The largest absolute Gasteiger partial charge is 0.489 e. The van der Waals surface area contributed by atoms with Crippen molar-refractivity contribution in [2.45, 2.75) is 26.2 Å². The van der Waals surface area contributed by atoms with Crippen LogP contribution in [0.15, 0.2) is 36.4 Å². The number of carboxylic acid groups (broad SMARTS) is 1. The Hall–Kier alpha value is -1.77. The van der Waals surface area contributed by atoms with Gasteiger partial charge in [0.2, 0.25) is 0 Å². The highest BCUT2D eigenvalue weighted by molar-refractivity contribution is 5.86. The third kappa shape index (κ3) is 3.94. The SMILES string of the molecule is C=C(COc1ccc(C(C)(C)C)cc1)C(=O)O. The van der Waals surface area contributed by atoms with Crippen molar-refractivity contribution < 1.29 is 14.6 Å². The van der Waals surface area contributed by atoms with E-state index in [0.717, 1.165) is 0 Å². The molecule has 0 spiro atoms. The Morgan fingerprint density at radius 1 is 1.29 bits per heavy atom. The lowest BCUT2D eigenvalue weighted by Gasteiger charge is -2.19. The van der Waals surface area contributed by atoms with Crippen molar-refractivity contribution in [3.05, 3.63) is 42.0 Å². The summed E-state index contributed by atoms with van der Waals surface area (Å²) >= 11 is 0. The van der Waals surface area contributed by atoms with Crippen molar-refractivity contribution in [1.82, 2.24) is 0 Å². The van der Waals surface area contributed by atoms with Crippen LogP contribution in [0.3, 0.4) is 0 Å². The van der Waals surface area contributed by atoms with Gasteiger partial charge in [-0.1, -0.05) is 39.5 Å². The van der Waals surface area contributed by atoms with E-state index >= 15 is 0 Å². The van der Waals surface area contributed by atoms with Gasteiger partial charge >= 0.3 is 5.97 Å². The van der Waals surface area contributed by atoms with Crippen LogP contribution in [0.25, 0.3) is 0 Å². The second-order valence-corrected chi connectivity index (χ2v) is 4.97. The molecule has 3 nitrogen and oxygen atoms in total. The quantitative estimate of drug-likeness (QED) is 0.814. The van der Waals surface area contributed by atoms with E-state index in [4.69, 9.17) is 9.84 Å². The van der Waals surface area contributed by atoms with E-state index in [-0.39, 0.29) is 17.6 Å². The van der Waals surface area contributed by atoms with Crippen molar-refractivity contribution in [3.63, 3.8) is 0 Å². The Morgan fingerprint density at radius 3 is 2.24 bits per heavy atom. The highest BCUT2D eigenvalue weighted by Gasteiger charge is 2.13. The third-order valence-electron chi connectivity index (χ3n) is 2.44. The summed E-state index contributed by atoms with van der Waals surface area (Å²) in [5.41, 5.74) is 1.36. The zero-order chi connectivity index (χ0) is 13.1. The molecular weight excluding hydrogens is 216 g/mol. The molecule has 92 valence electrons. The van der Waals surface area contributed by atoms with E-state index in [1.165, 1.54) is 5.56 Å². The number of rotatable bonds is 4. The number of hydrogen-bond donors (Lipinski definition) is 1. The van der Waals surface area contributed by atoms with Crippen molar-refractivity contribution in [2.24, 2.45) is 0 Å². The molecule has 0 heterocycles. The summed E-state index contributed by atoms with van der Waals surface area (Å²) in [5, 5.41) is 8.63. The van der Waals surface area contributed by atoms with Gasteiger partial charge in [-0.2, -0.15) is 0 Å². The van der Waals surface area contributed by atoms with Crippen LogP contribution in [-0.2, 0) is 10.2 Å². The van der Waals surface area contributed by atoms with Crippen molar-refractivity contribution >= 4 is 5.97 Å². The van der Waals surface area contributed by atoms with Crippen LogP contribution in [0.4, 0.5) is 0 Å². The highest BCUT2D eigenvalue weighted by atomic mass is 16.5. The van der Waals surface area contributed by atoms with E-state index in [9.17, 15) is 4.79 Å². The predicted molar refractivity (Wildman–Crippen MR) is 67.4 cm³/mol. The molecule has 1 aromatic rings. The second-order valence-electron chi connectivity index (χ2n) is 4.97. The summed E-state index contributed by atoms with van der Waals surface area (Å²) in [6, 6.07) is 7.66. The van der Waals surface area contributed by atoms with Gasteiger partial charge in [0.15, 0.2) is 0 Å². The summed E-state index contributed by atoms with van der Waals surface area (Å²) in [4.78, 5) is 10.5. The molecule has 1 aromatic carbocycles. The number of benzene rings is 1. The number of aliphatic carboxylic acids is 1. The normalized spacial score (nSPS) is 11.0. The van der Waals surface area contributed by atoms with E-state index in [1.54, 1.807) is 0 Å². The van der Waals surface area contributed by atoms with Gasteiger partial charge in [0.25, 0.3) is 0 Å². The molecule has 0 bridgehead atoms. The molecule has 0 saturated carbocycles. The van der Waals surface area contributed by atoms with Gasteiger partial charge in [-0.3, -0.25) is 0 Å². The van der Waals surface area contributed by atoms with Crippen LogP contribution in [0, 0.1) is 0 Å². The average molecular weight is 234 g/mol. The molecule has 0 atom stereocenters. The monoisotopic (exact) mass is 234 g/mol. The molecule has 0 aliphatic heterocycles. The summed E-state index contributed by atoms with van der Waals surface area (Å²) in [5.74, 6) is -0.378. The fraction of sp³-hybridized carbons (Fsp3) is 0.357. The van der Waals surface area contributed by atoms with Crippen LogP contribution in [0.2, 0.25) is 0 Å². The minimum absolute atomic E-state index is 0.00416. The number of ether oxygens (including phenoxy) is 1. The molecule has 0 saturated heterocycles. The van der Waals surface area contributed by atoms with Gasteiger partial charge in [0.1, 0.15) is 12.4 Å². The molecular formula is C14H18O3. The van der Waals surface area contributed by atoms with Gasteiger partial charge < -0.3 is 9.84 Å². The lowest BCUT2D eigenvalue weighted by Crippen LogP contribution is -2.11. The van der Waals surface area contributed by atoms with Gasteiger partial charge in [0, 0.05) is 0 Å². The highest BCUT2D eigenvalue weighted by Crippen LogP contribution is 2.24. The van der Waals surface area contributed by atoms with Gasteiger partial charge in [-0.15, -0.1) is 0 Å². The first-order valence-electron chi connectivity index (χ1n) is 5.45.